The molecule has 0 fully saturated rings. The maximum absolute atomic E-state index is 13.6. The third kappa shape index (κ3) is 5.37. The molecule has 7 nitrogen and oxygen atoms in total. The van der Waals surface area contributed by atoms with Crippen LogP contribution in [0.25, 0.3) is 11.3 Å². The summed E-state index contributed by atoms with van der Waals surface area (Å²) in [4.78, 5) is 20.0. The van der Waals surface area contributed by atoms with E-state index in [0.717, 1.165) is 34.4 Å². The molecule has 0 aliphatic carbocycles. The average Bonchev–Trinajstić information content (AvgIpc) is 3.00. The Balaban J connectivity index is 2.02. The lowest BCUT2D eigenvalue weighted by Gasteiger charge is -2.34. The number of anilines is 1. The van der Waals surface area contributed by atoms with E-state index in [-0.39, 0.29) is 28.9 Å². The van der Waals surface area contributed by atoms with Gasteiger partial charge < -0.3 is 9.84 Å². The van der Waals surface area contributed by atoms with Crippen LogP contribution in [0.3, 0.4) is 0 Å². The second-order valence-electron chi connectivity index (χ2n) is 11.7. The van der Waals surface area contributed by atoms with E-state index < -0.39 is 6.23 Å². The summed E-state index contributed by atoms with van der Waals surface area (Å²) in [6.07, 6.45) is 0.459. The zero-order valence-corrected chi connectivity index (χ0v) is 24.4. The molecule has 202 valence electrons. The van der Waals surface area contributed by atoms with Gasteiger partial charge in [-0.3, -0.25) is 9.69 Å². The minimum atomic E-state index is -0.812. The topological polar surface area (TPSA) is 88.4 Å². The molecule has 0 saturated heterocycles. The number of phenols is 1. The van der Waals surface area contributed by atoms with E-state index in [9.17, 15) is 9.90 Å². The zero-order chi connectivity index (χ0) is 27.8. The van der Waals surface area contributed by atoms with Crippen LogP contribution in [-0.2, 0) is 15.6 Å². The van der Waals surface area contributed by atoms with Crippen LogP contribution < -0.4 is 9.64 Å². The lowest BCUT2D eigenvalue weighted by atomic mass is 9.78. The minimum Gasteiger partial charge on any atom is -0.507 e. The Bertz CT molecular complexity index is 1310. The summed E-state index contributed by atoms with van der Waals surface area (Å²) in [5.41, 5.74) is 3.62. The lowest BCUT2D eigenvalue weighted by Crippen LogP contribution is -2.37. The van der Waals surface area contributed by atoms with Gasteiger partial charge in [0, 0.05) is 34.4 Å². The maximum Gasteiger partial charge on any atom is 0.247 e. The van der Waals surface area contributed by atoms with E-state index in [1.807, 2.05) is 43.3 Å². The molecule has 0 unspecified atom stereocenters. The molecule has 1 amide bonds. The number of phenolic OH excluding ortho intramolecular Hbond substituents is 1. The first kappa shape index (κ1) is 27.9. The normalized spacial score (nSPS) is 15.4. The van der Waals surface area contributed by atoms with Crippen molar-refractivity contribution in [3.63, 3.8) is 0 Å². The Morgan fingerprint density at radius 1 is 1.03 bits per heavy atom. The van der Waals surface area contributed by atoms with Gasteiger partial charge in [0.15, 0.2) is 5.69 Å². The summed E-state index contributed by atoms with van der Waals surface area (Å²) in [6.45, 7) is 16.4. The second kappa shape index (κ2) is 10.6. The van der Waals surface area contributed by atoms with Crippen molar-refractivity contribution in [2.24, 2.45) is 0 Å². The predicted molar refractivity (Wildman–Crippen MR) is 153 cm³/mol. The van der Waals surface area contributed by atoms with Crippen molar-refractivity contribution < 1.29 is 14.6 Å². The quantitative estimate of drug-likeness (QED) is 0.347. The number of benzene rings is 2. The van der Waals surface area contributed by atoms with Crippen molar-refractivity contribution in [2.45, 2.75) is 90.4 Å². The first-order valence-corrected chi connectivity index (χ1v) is 14.2. The molecule has 2 aromatic carbocycles. The fraction of sp³-hybridized carbons (Fsp3) is 0.467. The highest BCUT2D eigenvalue weighted by Gasteiger charge is 2.37. The van der Waals surface area contributed by atoms with Crippen LogP contribution in [0.15, 0.2) is 41.6 Å². The lowest BCUT2D eigenvalue weighted by molar-refractivity contribution is -0.120. The molecule has 8 heteroatoms. The largest absolute Gasteiger partial charge is 0.507 e. The van der Waals surface area contributed by atoms with Crippen molar-refractivity contribution in [1.29, 1.82) is 0 Å². The summed E-state index contributed by atoms with van der Waals surface area (Å²) in [5.74, 6) is 1.39. The Hall–Kier alpha value is -3.13. The van der Waals surface area contributed by atoms with Crippen molar-refractivity contribution in [1.82, 2.24) is 15.2 Å². The molecule has 4 rings (SSSR count). The molecule has 3 aromatic rings. The van der Waals surface area contributed by atoms with E-state index in [2.05, 4.69) is 58.7 Å². The fourth-order valence-corrected chi connectivity index (χ4v) is 5.20. The predicted octanol–water partition coefficient (Wildman–Crippen LogP) is 7.18. The molecule has 0 spiro atoms. The molecule has 2 heterocycles. The number of nitrogens with zero attached hydrogens (tertiary/aromatic N) is 4. The van der Waals surface area contributed by atoms with Crippen LogP contribution in [0.4, 0.5) is 5.69 Å². The second-order valence-corrected chi connectivity index (χ2v) is 12.7. The number of amides is 1. The molecule has 1 aliphatic rings. The van der Waals surface area contributed by atoms with Gasteiger partial charge in [0.05, 0.1) is 5.69 Å². The first-order valence-electron chi connectivity index (χ1n) is 13.2. The van der Waals surface area contributed by atoms with Crippen LogP contribution in [0, 0.1) is 0 Å². The molecule has 38 heavy (non-hydrogen) atoms. The van der Waals surface area contributed by atoms with E-state index in [1.165, 1.54) is 11.8 Å². The number of carbonyl (C=O) groups is 1. The van der Waals surface area contributed by atoms with E-state index in [1.54, 1.807) is 4.90 Å². The first-order chi connectivity index (χ1) is 17.9. The summed E-state index contributed by atoms with van der Waals surface area (Å²) >= 11 is 1.53. The van der Waals surface area contributed by atoms with Crippen LogP contribution in [0.5, 0.6) is 11.6 Å². The number of aromatic nitrogens is 3. The summed E-state index contributed by atoms with van der Waals surface area (Å²) < 4.78 is 6.65. The zero-order valence-electron chi connectivity index (χ0n) is 23.6. The standard InChI is InChI=1S/C30H38N4O3S/c1-9-15-38-28-31-26-24(32-33-28)19-13-11-12-14-22(19)34(23(35)10-2)27(37-26)18-16-20(29(3,4)5)25(36)21(17-18)30(6,7)8/h11-14,16-17,27,36H,9-10,15H2,1-8H3/t27-/m0/s1. The monoisotopic (exact) mass is 534 g/mol. The third-order valence-electron chi connectivity index (χ3n) is 6.55. The van der Waals surface area contributed by atoms with Crippen LogP contribution in [0.2, 0.25) is 0 Å². The van der Waals surface area contributed by atoms with Crippen molar-refractivity contribution >= 4 is 23.4 Å². The van der Waals surface area contributed by atoms with Crippen molar-refractivity contribution in [3.05, 3.63) is 53.1 Å². The van der Waals surface area contributed by atoms with E-state index in [4.69, 9.17) is 9.72 Å². The smallest absolute Gasteiger partial charge is 0.247 e. The Labute approximate surface area is 230 Å². The number of ether oxygens (including phenoxy) is 1. The average molecular weight is 535 g/mol. The summed E-state index contributed by atoms with van der Waals surface area (Å²) in [7, 11) is 0. The highest BCUT2D eigenvalue weighted by molar-refractivity contribution is 7.99. The minimum absolute atomic E-state index is 0.0912. The SMILES string of the molecule is CCCSc1nnc2c(n1)O[C@@H](c1cc(C(C)(C)C)c(O)c(C(C)(C)C)c1)N(C(=O)CC)c1ccccc1-2. The number of carbonyl (C=O) groups excluding carboxylic acids is 1. The Morgan fingerprint density at radius 3 is 2.24 bits per heavy atom. The van der Waals surface area contributed by atoms with Gasteiger partial charge in [-0.25, -0.2) is 0 Å². The molecule has 1 atom stereocenters. The number of aromatic hydroxyl groups is 1. The van der Waals surface area contributed by atoms with Gasteiger partial charge in [-0.15, -0.1) is 10.2 Å². The molecular formula is C30H38N4O3S. The summed E-state index contributed by atoms with van der Waals surface area (Å²) in [6, 6.07) is 11.6. The number of hydrogen-bond donors (Lipinski definition) is 1. The number of fused-ring (bicyclic) bond motifs is 3. The number of para-hydroxylation sites is 1. The molecule has 0 saturated carbocycles. The highest BCUT2D eigenvalue weighted by atomic mass is 32.2. The molecule has 1 aliphatic heterocycles. The molecule has 1 N–H and O–H groups in total. The van der Waals surface area contributed by atoms with E-state index in [0.29, 0.717) is 22.4 Å². The molecule has 1 aromatic heterocycles. The van der Waals surface area contributed by atoms with Crippen LogP contribution in [-0.4, -0.2) is 31.9 Å². The molecular weight excluding hydrogens is 496 g/mol. The van der Waals surface area contributed by atoms with E-state index >= 15 is 0 Å². The third-order valence-corrected chi connectivity index (χ3v) is 7.60. The molecule has 0 bridgehead atoms. The van der Waals surface area contributed by atoms with Gasteiger partial charge >= 0.3 is 0 Å². The van der Waals surface area contributed by atoms with Gasteiger partial charge in [-0.05, 0) is 35.4 Å². The van der Waals surface area contributed by atoms with Crippen LogP contribution in [0.1, 0.15) is 91.1 Å². The van der Waals surface area contributed by atoms with Gasteiger partial charge in [0.25, 0.3) is 0 Å². The van der Waals surface area contributed by atoms with Crippen molar-refractivity contribution in [3.8, 4) is 22.9 Å². The fourth-order valence-electron chi connectivity index (χ4n) is 4.57. The number of thioether (sulfide) groups is 1. The summed E-state index contributed by atoms with van der Waals surface area (Å²) in [5, 5.41) is 20.7. The Kier molecular flexibility index (Phi) is 7.75. The number of rotatable bonds is 5. The van der Waals surface area contributed by atoms with Crippen molar-refractivity contribution in [2.75, 3.05) is 10.7 Å². The van der Waals surface area contributed by atoms with Gasteiger partial charge in [-0.1, -0.05) is 85.4 Å². The molecule has 0 radical (unpaired) electrons. The number of hydrogen-bond acceptors (Lipinski definition) is 7. The highest BCUT2D eigenvalue weighted by Crippen LogP contribution is 2.46. The Morgan fingerprint density at radius 2 is 1.66 bits per heavy atom. The van der Waals surface area contributed by atoms with Gasteiger partial charge in [0.1, 0.15) is 5.75 Å². The van der Waals surface area contributed by atoms with Crippen LogP contribution >= 0.6 is 11.8 Å². The maximum atomic E-state index is 13.6. The van der Waals surface area contributed by atoms with Gasteiger partial charge in [-0.2, -0.15) is 4.98 Å². The van der Waals surface area contributed by atoms with Gasteiger partial charge in [0.2, 0.25) is 23.2 Å².